The highest BCUT2D eigenvalue weighted by Crippen LogP contribution is 2.25. The van der Waals surface area contributed by atoms with Gasteiger partial charge < -0.3 is 10.1 Å². The first-order valence-electron chi connectivity index (χ1n) is 6.27. The van der Waals surface area contributed by atoms with Gasteiger partial charge in [-0.15, -0.1) is 0 Å². The molecule has 0 atom stereocenters. The molecule has 1 N–H and O–H groups in total. The zero-order chi connectivity index (χ0) is 15.2. The third-order valence-corrected chi connectivity index (χ3v) is 3.34. The highest BCUT2D eigenvalue weighted by molar-refractivity contribution is 9.10. The molecule has 21 heavy (non-hydrogen) atoms. The number of carbonyl (C=O) groups excluding carboxylic acids is 1. The molecule has 2 aromatic rings. The van der Waals surface area contributed by atoms with Crippen molar-refractivity contribution >= 4 is 27.5 Å². The van der Waals surface area contributed by atoms with Crippen LogP contribution in [0.4, 0.5) is 5.69 Å². The molecule has 0 aromatic heterocycles. The van der Waals surface area contributed by atoms with Gasteiger partial charge in [-0.25, -0.2) is 0 Å². The van der Waals surface area contributed by atoms with E-state index in [0.717, 1.165) is 10.0 Å². The average Bonchev–Trinajstić information content (AvgIpc) is 2.46. The van der Waals surface area contributed by atoms with Gasteiger partial charge in [0.2, 0.25) is 0 Å². The second kappa shape index (κ2) is 6.91. The molecule has 0 bridgehead atoms. The number of carbonyl (C=O) groups is 1. The van der Waals surface area contributed by atoms with Crippen LogP contribution in [0, 0.1) is 18.3 Å². The molecule has 0 radical (unpaired) electrons. The number of anilines is 1. The number of nitrogens with zero attached hydrogens (tertiary/aromatic N) is 1. The topological polar surface area (TPSA) is 62.1 Å². The Balaban J connectivity index is 1.94. The van der Waals surface area contributed by atoms with Gasteiger partial charge >= 0.3 is 0 Å². The molecule has 0 heterocycles. The zero-order valence-corrected chi connectivity index (χ0v) is 13.0. The lowest BCUT2D eigenvalue weighted by Gasteiger charge is -2.09. The predicted molar refractivity (Wildman–Crippen MR) is 84.2 cm³/mol. The van der Waals surface area contributed by atoms with Crippen molar-refractivity contribution in [2.24, 2.45) is 0 Å². The van der Waals surface area contributed by atoms with E-state index in [4.69, 9.17) is 10.00 Å². The maximum atomic E-state index is 11.8. The predicted octanol–water partition coefficient (Wildman–Crippen LogP) is 3.65. The van der Waals surface area contributed by atoms with E-state index in [1.165, 1.54) is 0 Å². The first kappa shape index (κ1) is 15.1. The minimum atomic E-state index is -0.280. The van der Waals surface area contributed by atoms with Crippen LogP contribution in [-0.4, -0.2) is 12.5 Å². The van der Waals surface area contributed by atoms with Crippen LogP contribution < -0.4 is 10.1 Å². The molecule has 1 amide bonds. The Morgan fingerprint density at radius 3 is 2.86 bits per heavy atom. The highest BCUT2D eigenvalue weighted by atomic mass is 79.9. The highest BCUT2D eigenvalue weighted by Gasteiger charge is 2.06. The number of amides is 1. The Labute approximate surface area is 131 Å². The van der Waals surface area contributed by atoms with Crippen LogP contribution in [-0.2, 0) is 4.79 Å². The summed E-state index contributed by atoms with van der Waals surface area (Å²) in [5.41, 5.74) is 2.17. The summed E-state index contributed by atoms with van der Waals surface area (Å²) in [4.78, 5) is 11.8. The smallest absolute Gasteiger partial charge is 0.262 e. The summed E-state index contributed by atoms with van der Waals surface area (Å²) < 4.78 is 6.27. The van der Waals surface area contributed by atoms with Crippen LogP contribution in [0.15, 0.2) is 46.9 Å². The molecular weight excluding hydrogens is 332 g/mol. The molecule has 4 nitrogen and oxygen atoms in total. The minimum absolute atomic E-state index is 0.0988. The van der Waals surface area contributed by atoms with Crippen LogP contribution in [0.1, 0.15) is 11.1 Å². The van der Waals surface area contributed by atoms with E-state index in [0.29, 0.717) is 17.0 Å². The van der Waals surface area contributed by atoms with Gasteiger partial charge in [0.15, 0.2) is 6.61 Å². The Morgan fingerprint density at radius 1 is 1.33 bits per heavy atom. The molecule has 0 saturated carbocycles. The van der Waals surface area contributed by atoms with Crippen molar-refractivity contribution in [3.63, 3.8) is 0 Å². The second-order valence-electron chi connectivity index (χ2n) is 4.46. The molecule has 5 heteroatoms. The summed E-state index contributed by atoms with van der Waals surface area (Å²) in [6.07, 6.45) is 0. The van der Waals surface area contributed by atoms with Crippen LogP contribution in [0.25, 0.3) is 0 Å². The maximum absolute atomic E-state index is 11.8. The molecule has 106 valence electrons. The molecule has 2 aromatic carbocycles. The van der Waals surface area contributed by atoms with Crippen molar-refractivity contribution in [1.82, 2.24) is 0 Å². The fourth-order valence-electron chi connectivity index (χ4n) is 1.73. The molecular formula is C16H13BrN2O2. The van der Waals surface area contributed by atoms with Crippen LogP contribution in [0.5, 0.6) is 5.75 Å². The van der Waals surface area contributed by atoms with E-state index < -0.39 is 0 Å². The molecule has 0 unspecified atom stereocenters. The first-order chi connectivity index (χ1) is 10.1. The van der Waals surface area contributed by atoms with E-state index in [2.05, 4.69) is 21.2 Å². The number of benzene rings is 2. The van der Waals surface area contributed by atoms with Crippen molar-refractivity contribution in [1.29, 1.82) is 5.26 Å². The fourth-order valence-corrected chi connectivity index (χ4v) is 2.34. The fraction of sp³-hybridized carbons (Fsp3) is 0.125. The van der Waals surface area contributed by atoms with E-state index in [-0.39, 0.29) is 12.5 Å². The Bertz CT molecular complexity index is 708. The molecule has 0 aliphatic heterocycles. The van der Waals surface area contributed by atoms with Gasteiger partial charge in [0.25, 0.3) is 5.91 Å². The van der Waals surface area contributed by atoms with Gasteiger partial charge in [0.05, 0.1) is 16.1 Å². The molecule has 0 aliphatic carbocycles. The number of hydrogen-bond acceptors (Lipinski definition) is 3. The van der Waals surface area contributed by atoms with Gasteiger partial charge in [0, 0.05) is 5.69 Å². The number of ether oxygens (including phenoxy) is 1. The van der Waals surface area contributed by atoms with Gasteiger partial charge in [-0.3, -0.25) is 4.79 Å². The maximum Gasteiger partial charge on any atom is 0.262 e. The van der Waals surface area contributed by atoms with Gasteiger partial charge in [-0.05, 0) is 58.7 Å². The van der Waals surface area contributed by atoms with Gasteiger partial charge in [-0.2, -0.15) is 5.26 Å². The third kappa shape index (κ3) is 4.33. The summed E-state index contributed by atoms with van der Waals surface area (Å²) in [5, 5.41) is 11.5. The number of nitrogens with one attached hydrogen (secondary N) is 1. The number of hydrogen-bond donors (Lipinski definition) is 1. The second-order valence-corrected chi connectivity index (χ2v) is 5.32. The molecule has 0 spiro atoms. The third-order valence-electron chi connectivity index (χ3n) is 2.72. The van der Waals surface area contributed by atoms with Crippen LogP contribution >= 0.6 is 15.9 Å². The quantitative estimate of drug-likeness (QED) is 0.920. The summed E-state index contributed by atoms with van der Waals surface area (Å²) >= 11 is 3.39. The largest absolute Gasteiger partial charge is 0.483 e. The zero-order valence-electron chi connectivity index (χ0n) is 11.4. The monoisotopic (exact) mass is 344 g/mol. The summed E-state index contributed by atoms with van der Waals surface area (Å²) in [6.45, 7) is 1.88. The van der Waals surface area contributed by atoms with Crippen molar-refractivity contribution in [2.75, 3.05) is 11.9 Å². The van der Waals surface area contributed by atoms with Crippen molar-refractivity contribution < 1.29 is 9.53 Å². The number of aryl methyl sites for hydroxylation is 1. The number of rotatable bonds is 4. The minimum Gasteiger partial charge on any atom is -0.483 e. The Morgan fingerprint density at radius 2 is 2.14 bits per heavy atom. The SMILES string of the molecule is Cc1ccc(OCC(=O)Nc2cccc(C#N)c2)c(Br)c1. The van der Waals surface area contributed by atoms with Crippen molar-refractivity contribution in [3.05, 3.63) is 58.1 Å². The van der Waals surface area contributed by atoms with Crippen LogP contribution in [0.2, 0.25) is 0 Å². The van der Waals surface area contributed by atoms with Crippen molar-refractivity contribution in [3.8, 4) is 11.8 Å². The first-order valence-corrected chi connectivity index (χ1v) is 7.07. The summed E-state index contributed by atoms with van der Waals surface area (Å²) in [6, 6.07) is 14.4. The van der Waals surface area contributed by atoms with Gasteiger partial charge in [0.1, 0.15) is 5.75 Å². The number of halogens is 1. The molecule has 0 saturated heterocycles. The summed E-state index contributed by atoms with van der Waals surface area (Å²) in [7, 11) is 0. The van der Waals surface area contributed by atoms with E-state index in [9.17, 15) is 4.79 Å². The molecule has 0 fully saturated rings. The van der Waals surface area contributed by atoms with Crippen LogP contribution in [0.3, 0.4) is 0 Å². The lowest BCUT2D eigenvalue weighted by molar-refractivity contribution is -0.118. The number of nitriles is 1. The molecule has 2 rings (SSSR count). The normalized spacial score (nSPS) is 9.76. The van der Waals surface area contributed by atoms with E-state index in [1.54, 1.807) is 24.3 Å². The Hall–Kier alpha value is -2.32. The average molecular weight is 345 g/mol. The van der Waals surface area contributed by atoms with E-state index in [1.807, 2.05) is 31.2 Å². The molecule has 0 aliphatic rings. The Kier molecular flexibility index (Phi) is 4.96. The summed E-state index contributed by atoms with van der Waals surface area (Å²) in [5.74, 6) is 0.332. The lowest BCUT2D eigenvalue weighted by Crippen LogP contribution is -2.20. The van der Waals surface area contributed by atoms with E-state index >= 15 is 0 Å². The van der Waals surface area contributed by atoms with Gasteiger partial charge in [-0.1, -0.05) is 12.1 Å². The van der Waals surface area contributed by atoms with Crippen molar-refractivity contribution in [2.45, 2.75) is 6.92 Å². The standard InChI is InChI=1S/C16H13BrN2O2/c1-11-5-6-15(14(17)7-11)21-10-16(20)19-13-4-2-3-12(8-13)9-18/h2-8H,10H2,1H3,(H,19,20). The lowest BCUT2D eigenvalue weighted by atomic mass is 10.2.